The van der Waals surface area contributed by atoms with Crippen molar-refractivity contribution < 1.29 is 4.74 Å². The van der Waals surface area contributed by atoms with Gasteiger partial charge in [0.2, 0.25) is 5.88 Å². The third kappa shape index (κ3) is 5.36. The molecule has 18 heavy (non-hydrogen) atoms. The highest BCUT2D eigenvalue weighted by Crippen LogP contribution is 2.22. The molecule has 3 N–H and O–H groups in total. The van der Waals surface area contributed by atoms with E-state index in [2.05, 4.69) is 24.1 Å². The molecule has 1 heterocycles. The van der Waals surface area contributed by atoms with Crippen LogP contribution in [-0.4, -0.2) is 24.7 Å². The van der Waals surface area contributed by atoms with Crippen molar-refractivity contribution in [3.8, 4) is 5.88 Å². The molecule has 102 valence electrons. The predicted octanol–water partition coefficient (Wildman–Crippen LogP) is 2.66. The van der Waals surface area contributed by atoms with Gasteiger partial charge in [0.1, 0.15) is 5.82 Å². The number of hydrogen-bond acceptors (Lipinski definition) is 4. The fourth-order valence-electron chi connectivity index (χ4n) is 1.74. The van der Waals surface area contributed by atoms with E-state index >= 15 is 0 Å². The van der Waals surface area contributed by atoms with Crippen LogP contribution in [0.5, 0.6) is 5.88 Å². The van der Waals surface area contributed by atoms with Crippen LogP contribution in [0.4, 0.5) is 5.82 Å². The number of anilines is 1. The highest BCUT2D eigenvalue weighted by molar-refractivity contribution is 5.37. The van der Waals surface area contributed by atoms with Gasteiger partial charge in [0.25, 0.3) is 0 Å². The van der Waals surface area contributed by atoms with Crippen molar-refractivity contribution in [3.63, 3.8) is 0 Å². The Hall–Kier alpha value is -1.29. The van der Waals surface area contributed by atoms with Gasteiger partial charge in [-0.2, -0.15) is 4.98 Å². The smallest absolute Gasteiger partial charge is 0.215 e. The quantitative estimate of drug-likeness (QED) is 0.745. The minimum Gasteiger partial charge on any atom is -0.478 e. The van der Waals surface area contributed by atoms with Crippen molar-refractivity contribution >= 4 is 5.82 Å². The number of nitrogens with zero attached hydrogens (tertiary/aromatic N) is 1. The molecule has 0 spiro atoms. The second kappa shape index (κ2) is 7.21. The molecule has 1 rings (SSSR count). The fraction of sp³-hybridized carbons (Fsp3) is 0.643. The minimum absolute atomic E-state index is 0.225. The number of pyridine rings is 1. The number of ether oxygens (including phenoxy) is 1. The molecule has 0 saturated heterocycles. The Kier molecular flexibility index (Phi) is 5.92. The first-order valence-electron chi connectivity index (χ1n) is 6.61. The topological polar surface area (TPSA) is 60.2 Å². The summed E-state index contributed by atoms with van der Waals surface area (Å²) in [5.74, 6) is 1.53. The maximum absolute atomic E-state index is 5.55. The zero-order valence-electron chi connectivity index (χ0n) is 11.7. The summed E-state index contributed by atoms with van der Waals surface area (Å²) in [6, 6.07) is 5.78. The SMILES string of the molecule is CCOc1cccc(NCC(C)(C)CCCN)n1. The molecule has 0 aliphatic heterocycles. The lowest BCUT2D eigenvalue weighted by Gasteiger charge is -2.25. The molecule has 0 radical (unpaired) electrons. The second-order valence-electron chi connectivity index (χ2n) is 5.20. The van der Waals surface area contributed by atoms with Gasteiger partial charge in [-0.25, -0.2) is 0 Å². The average molecular weight is 251 g/mol. The van der Waals surface area contributed by atoms with Crippen molar-refractivity contribution in [1.29, 1.82) is 0 Å². The molecule has 0 saturated carbocycles. The van der Waals surface area contributed by atoms with Gasteiger partial charge in [-0.1, -0.05) is 19.9 Å². The lowest BCUT2D eigenvalue weighted by molar-refractivity contribution is 0.326. The molecular formula is C14H25N3O. The van der Waals surface area contributed by atoms with E-state index < -0.39 is 0 Å². The molecule has 0 unspecified atom stereocenters. The van der Waals surface area contributed by atoms with Crippen molar-refractivity contribution in [3.05, 3.63) is 18.2 Å². The van der Waals surface area contributed by atoms with Crippen molar-refractivity contribution in [2.24, 2.45) is 11.1 Å². The van der Waals surface area contributed by atoms with E-state index in [1.165, 1.54) is 0 Å². The molecule has 4 nitrogen and oxygen atoms in total. The Labute approximate surface area is 110 Å². The highest BCUT2D eigenvalue weighted by Gasteiger charge is 2.16. The Morgan fingerprint density at radius 3 is 2.83 bits per heavy atom. The Bertz CT molecular complexity index is 353. The molecule has 0 aromatic carbocycles. The number of nitrogens with two attached hydrogens (primary N) is 1. The molecule has 0 aliphatic rings. The second-order valence-corrected chi connectivity index (χ2v) is 5.20. The van der Waals surface area contributed by atoms with E-state index in [1.807, 2.05) is 25.1 Å². The van der Waals surface area contributed by atoms with Crippen LogP contribution in [0.3, 0.4) is 0 Å². The van der Waals surface area contributed by atoms with Gasteiger partial charge in [0.15, 0.2) is 0 Å². The molecule has 4 heteroatoms. The van der Waals surface area contributed by atoms with Crippen molar-refractivity contribution in [2.75, 3.05) is 25.0 Å². The van der Waals surface area contributed by atoms with Gasteiger partial charge in [0.05, 0.1) is 6.61 Å². The van der Waals surface area contributed by atoms with E-state index in [-0.39, 0.29) is 5.41 Å². The predicted molar refractivity (Wildman–Crippen MR) is 76.0 cm³/mol. The largest absolute Gasteiger partial charge is 0.478 e. The van der Waals surface area contributed by atoms with Gasteiger partial charge in [-0.05, 0) is 37.8 Å². The molecule has 0 aliphatic carbocycles. The summed E-state index contributed by atoms with van der Waals surface area (Å²) in [5.41, 5.74) is 5.77. The number of rotatable bonds is 8. The Balaban J connectivity index is 2.49. The van der Waals surface area contributed by atoms with Gasteiger partial charge in [0, 0.05) is 12.6 Å². The van der Waals surface area contributed by atoms with Crippen molar-refractivity contribution in [2.45, 2.75) is 33.6 Å². The first kappa shape index (κ1) is 14.8. The van der Waals surface area contributed by atoms with Gasteiger partial charge < -0.3 is 15.8 Å². The van der Waals surface area contributed by atoms with Crippen LogP contribution >= 0.6 is 0 Å². The van der Waals surface area contributed by atoms with Crippen LogP contribution in [0.15, 0.2) is 18.2 Å². The van der Waals surface area contributed by atoms with E-state index in [9.17, 15) is 0 Å². The highest BCUT2D eigenvalue weighted by atomic mass is 16.5. The maximum Gasteiger partial charge on any atom is 0.215 e. The Morgan fingerprint density at radius 1 is 1.39 bits per heavy atom. The molecular weight excluding hydrogens is 226 g/mol. The maximum atomic E-state index is 5.55. The van der Waals surface area contributed by atoms with Crippen LogP contribution in [0.1, 0.15) is 33.6 Å². The molecule has 1 aromatic rings. The zero-order chi connectivity index (χ0) is 13.4. The first-order valence-corrected chi connectivity index (χ1v) is 6.61. The van der Waals surface area contributed by atoms with E-state index in [0.29, 0.717) is 12.5 Å². The molecule has 1 aromatic heterocycles. The van der Waals surface area contributed by atoms with Crippen LogP contribution in [0.2, 0.25) is 0 Å². The van der Waals surface area contributed by atoms with Crippen molar-refractivity contribution in [1.82, 2.24) is 4.98 Å². The molecule has 0 bridgehead atoms. The van der Waals surface area contributed by atoms with Crippen LogP contribution in [0.25, 0.3) is 0 Å². The van der Waals surface area contributed by atoms with Crippen LogP contribution < -0.4 is 15.8 Å². The van der Waals surface area contributed by atoms with Crippen LogP contribution in [-0.2, 0) is 0 Å². The van der Waals surface area contributed by atoms with Gasteiger partial charge in [-0.15, -0.1) is 0 Å². The summed E-state index contributed by atoms with van der Waals surface area (Å²) in [5, 5.41) is 3.36. The third-order valence-electron chi connectivity index (χ3n) is 2.82. The summed E-state index contributed by atoms with van der Waals surface area (Å²) < 4.78 is 5.38. The fourth-order valence-corrected chi connectivity index (χ4v) is 1.74. The summed E-state index contributed by atoms with van der Waals surface area (Å²) in [6.45, 7) is 8.71. The van der Waals surface area contributed by atoms with E-state index in [1.54, 1.807) is 0 Å². The summed E-state index contributed by atoms with van der Waals surface area (Å²) in [7, 11) is 0. The standard InChI is InChI=1S/C14H25N3O/c1-4-18-13-8-5-7-12(17-13)16-11-14(2,3)9-6-10-15/h5,7-8H,4,6,9-11,15H2,1-3H3,(H,16,17). The number of nitrogens with one attached hydrogen (secondary N) is 1. The van der Waals surface area contributed by atoms with Gasteiger partial charge in [-0.3, -0.25) is 0 Å². The Morgan fingerprint density at radius 2 is 2.17 bits per heavy atom. The average Bonchev–Trinajstić information content (AvgIpc) is 2.35. The van der Waals surface area contributed by atoms with E-state index in [4.69, 9.17) is 10.5 Å². The summed E-state index contributed by atoms with van der Waals surface area (Å²) in [6.07, 6.45) is 2.17. The lowest BCUT2D eigenvalue weighted by atomic mass is 9.88. The monoisotopic (exact) mass is 251 g/mol. The lowest BCUT2D eigenvalue weighted by Crippen LogP contribution is -2.24. The summed E-state index contributed by atoms with van der Waals surface area (Å²) >= 11 is 0. The number of aromatic nitrogens is 1. The molecule has 0 atom stereocenters. The van der Waals surface area contributed by atoms with Gasteiger partial charge >= 0.3 is 0 Å². The molecule has 0 fully saturated rings. The van der Waals surface area contributed by atoms with E-state index in [0.717, 1.165) is 31.7 Å². The van der Waals surface area contributed by atoms with Crippen LogP contribution in [0, 0.1) is 5.41 Å². The number of hydrogen-bond donors (Lipinski definition) is 2. The summed E-state index contributed by atoms with van der Waals surface area (Å²) in [4.78, 5) is 4.39. The zero-order valence-corrected chi connectivity index (χ0v) is 11.7. The minimum atomic E-state index is 0.225. The molecule has 0 amide bonds. The normalized spacial score (nSPS) is 11.3. The first-order chi connectivity index (χ1) is 8.57. The third-order valence-corrected chi connectivity index (χ3v) is 2.82.